The van der Waals surface area contributed by atoms with Crippen LogP contribution in [-0.2, 0) is 9.53 Å². The average molecular weight is 165 g/mol. The molecule has 4 nitrogen and oxygen atoms in total. The summed E-state index contributed by atoms with van der Waals surface area (Å²) in [5.41, 5.74) is 0. The Balaban J connectivity index is 0.00000121. The van der Waals surface area contributed by atoms with E-state index in [4.69, 9.17) is 9.84 Å². The number of rotatable bonds is 3. The minimum atomic E-state index is -0.765. The first kappa shape index (κ1) is 12.0. The Hall–Kier alpha value is -0.0126. The molecule has 0 spiro atoms. The van der Waals surface area contributed by atoms with Crippen LogP contribution in [0.15, 0.2) is 0 Å². The van der Waals surface area contributed by atoms with Crippen molar-refractivity contribution in [3.8, 4) is 0 Å². The summed E-state index contributed by atoms with van der Waals surface area (Å²) >= 11 is 0. The Kier molecular flexibility index (Phi) is 6.49. The summed E-state index contributed by atoms with van der Waals surface area (Å²) in [5.74, 6) is -0.765. The first-order chi connectivity index (χ1) is 5.29. The quantitative estimate of drug-likeness (QED) is 0.475. The van der Waals surface area contributed by atoms with Crippen LogP contribution in [0.4, 0.5) is 0 Å². The molecular weight excluding hydrogens is 153 g/mol. The van der Waals surface area contributed by atoms with E-state index in [-0.39, 0.29) is 31.4 Å². The van der Waals surface area contributed by atoms with Gasteiger partial charge in [-0.25, -0.2) is 0 Å². The van der Waals surface area contributed by atoms with Crippen LogP contribution in [0.25, 0.3) is 5.32 Å². The zero-order valence-corrected chi connectivity index (χ0v) is 7.32. The molecule has 0 aromatic rings. The van der Waals surface area contributed by atoms with Gasteiger partial charge in [0.15, 0.2) is 0 Å². The number of morpholine rings is 1. The second kappa shape index (κ2) is 6.50. The second-order valence-corrected chi connectivity index (χ2v) is 2.56. The van der Waals surface area contributed by atoms with Gasteiger partial charge in [0.1, 0.15) is 0 Å². The van der Waals surface area contributed by atoms with E-state index in [2.05, 4.69) is 5.32 Å². The fourth-order valence-electron chi connectivity index (χ4n) is 1.03. The maximum absolute atomic E-state index is 10.2. The van der Waals surface area contributed by atoms with Gasteiger partial charge in [-0.2, -0.15) is 0 Å². The molecule has 12 heavy (non-hydrogen) atoms. The molecule has 0 aromatic carbocycles. The van der Waals surface area contributed by atoms with Crippen LogP contribution in [0, 0.1) is 0 Å². The van der Waals surface area contributed by atoms with E-state index in [1.807, 2.05) is 0 Å². The molecule has 0 bridgehead atoms. The number of carbonyl (C=O) groups is 1. The molecule has 1 saturated heterocycles. The van der Waals surface area contributed by atoms with Crippen molar-refractivity contribution in [1.29, 1.82) is 0 Å². The Morgan fingerprint density at radius 1 is 1.67 bits per heavy atom. The van der Waals surface area contributed by atoms with Crippen LogP contribution < -0.4 is 18.9 Å². The van der Waals surface area contributed by atoms with E-state index in [9.17, 15) is 4.79 Å². The monoisotopic (exact) mass is 165 g/mol. The fourth-order valence-corrected chi connectivity index (χ4v) is 1.03. The number of hydrogen-bond acceptors (Lipinski definition) is 2. The summed E-state index contributed by atoms with van der Waals surface area (Å²) in [5, 5.41) is 12.5. The van der Waals surface area contributed by atoms with Crippen LogP contribution in [-0.4, -0.2) is 36.9 Å². The van der Waals surface area contributed by atoms with Crippen molar-refractivity contribution in [3.63, 3.8) is 0 Å². The third kappa shape index (κ3) is 4.78. The predicted octanol–water partition coefficient (Wildman–Crippen LogP) is -2.37. The fraction of sp³-hybridized carbons (Fsp3) is 0.857. The van der Waals surface area contributed by atoms with Crippen molar-refractivity contribution in [2.24, 2.45) is 0 Å². The molecular formula is C7H12LiNO3. The number of carboxylic acid groups (broad SMARTS) is 1. The number of hydrogen-bond donors (Lipinski definition) is 1. The normalized spacial score (nSPS) is 22.8. The molecule has 1 rings (SSSR count). The second-order valence-electron chi connectivity index (χ2n) is 2.56. The molecule has 1 aliphatic rings. The first-order valence-electron chi connectivity index (χ1n) is 3.75. The summed E-state index contributed by atoms with van der Waals surface area (Å²) in [6.45, 7) is 2.06. The largest absolute Gasteiger partial charge is 1.00 e. The average Bonchev–Trinajstić information content (AvgIpc) is 2.03. The number of nitrogens with zero attached hydrogens (tertiary/aromatic N) is 1. The van der Waals surface area contributed by atoms with Gasteiger partial charge in [-0.1, -0.05) is 0 Å². The van der Waals surface area contributed by atoms with Crippen LogP contribution >= 0.6 is 0 Å². The summed E-state index contributed by atoms with van der Waals surface area (Å²) in [4.78, 5) is 10.2. The smallest absolute Gasteiger partial charge is 0.658 e. The maximum Gasteiger partial charge on any atom is 1.00 e. The minimum Gasteiger partial charge on any atom is -0.658 e. The topological polar surface area (TPSA) is 60.6 Å². The van der Waals surface area contributed by atoms with Crippen molar-refractivity contribution < 1.29 is 33.5 Å². The molecule has 5 heteroatoms. The number of ether oxygens (including phenoxy) is 1. The van der Waals surface area contributed by atoms with Gasteiger partial charge in [0, 0.05) is 19.1 Å². The Morgan fingerprint density at radius 2 is 2.42 bits per heavy atom. The van der Waals surface area contributed by atoms with Crippen LogP contribution in [0.3, 0.4) is 0 Å². The van der Waals surface area contributed by atoms with Crippen molar-refractivity contribution in [2.45, 2.75) is 18.9 Å². The van der Waals surface area contributed by atoms with Crippen LogP contribution in [0.5, 0.6) is 0 Å². The van der Waals surface area contributed by atoms with Crippen molar-refractivity contribution in [1.82, 2.24) is 0 Å². The van der Waals surface area contributed by atoms with Gasteiger partial charge < -0.3 is 15.2 Å². The summed E-state index contributed by atoms with van der Waals surface area (Å²) in [6.07, 6.45) is 0.804. The first-order valence-corrected chi connectivity index (χ1v) is 3.75. The van der Waals surface area contributed by atoms with Gasteiger partial charge in [-0.05, 0) is 6.42 Å². The Morgan fingerprint density at radius 3 is 2.92 bits per heavy atom. The standard InChI is InChI=1S/C7H12NO3.Li/c9-7(10)2-1-6-5-8-3-4-11-6;/h6H,1-5H2,(H,9,10);/q-1;+1/t6-;/m1./s1. The van der Waals surface area contributed by atoms with E-state index in [1.54, 1.807) is 0 Å². The molecule has 0 radical (unpaired) electrons. The zero-order chi connectivity index (χ0) is 8.10. The summed E-state index contributed by atoms with van der Waals surface area (Å²) in [6, 6.07) is 0. The van der Waals surface area contributed by atoms with Crippen molar-refractivity contribution >= 4 is 5.97 Å². The van der Waals surface area contributed by atoms with E-state index >= 15 is 0 Å². The molecule has 0 unspecified atom stereocenters. The molecule has 1 atom stereocenters. The van der Waals surface area contributed by atoms with Gasteiger partial charge in [0.25, 0.3) is 0 Å². The SMILES string of the molecule is O=C(O)CC[C@@H]1C[N-]CCO1.[Li+]. The minimum absolute atomic E-state index is 0. The maximum atomic E-state index is 10.2. The van der Waals surface area contributed by atoms with Gasteiger partial charge in [-0.15, -0.1) is 13.1 Å². The molecule has 0 aliphatic carbocycles. The van der Waals surface area contributed by atoms with Gasteiger partial charge in [0.2, 0.25) is 0 Å². The molecule has 64 valence electrons. The summed E-state index contributed by atoms with van der Waals surface area (Å²) < 4.78 is 5.27. The molecule has 1 N–H and O–H groups in total. The zero-order valence-electron chi connectivity index (χ0n) is 7.32. The Labute approximate surface area is 83.8 Å². The summed E-state index contributed by atoms with van der Waals surface area (Å²) in [7, 11) is 0. The molecule has 1 heterocycles. The van der Waals surface area contributed by atoms with Crippen LogP contribution in [0.2, 0.25) is 0 Å². The van der Waals surface area contributed by atoms with E-state index in [0.717, 1.165) is 6.54 Å². The molecule has 1 fully saturated rings. The van der Waals surface area contributed by atoms with E-state index in [1.165, 1.54) is 0 Å². The molecule has 1 aliphatic heterocycles. The Bertz CT molecular complexity index is 137. The third-order valence-corrected chi connectivity index (χ3v) is 1.62. The van der Waals surface area contributed by atoms with Crippen molar-refractivity contribution in [3.05, 3.63) is 5.32 Å². The third-order valence-electron chi connectivity index (χ3n) is 1.62. The van der Waals surface area contributed by atoms with Gasteiger partial charge in [-0.3, -0.25) is 4.79 Å². The van der Waals surface area contributed by atoms with Gasteiger partial charge >= 0.3 is 24.8 Å². The van der Waals surface area contributed by atoms with Crippen molar-refractivity contribution in [2.75, 3.05) is 19.7 Å². The number of carboxylic acids is 1. The van der Waals surface area contributed by atoms with E-state index in [0.29, 0.717) is 19.6 Å². The van der Waals surface area contributed by atoms with Gasteiger partial charge in [0.05, 0.1) is 0 Å². The van der Waals surface area contributed by atoms with Crippen LogP contribution in [0.1, 0.15) is 12.8 Å². The molecule has 0 aromatic heterocycles. The molecule has 0 amide bonds. The molecule has 0 saturated carbocycles. The van der Waals surface area contributed by atoms with E-state index < -0.39 is 5.97 Å². The predicted molar refractivity (Wildman–Crippen MR) is 39.7 cm³/mol. The number of aliphatic carboxylic acids is 1.